The molecule has 10 rings (SSSR count). The molecule has 6 heterocycles. The maximum Gasteiger partial charge on any atom is 0.488 e. The normalized spacial score (nSPS) is 14.1. The average Bonchev–Trinajstić information content (AvgIpc) is 4.15. The number of aromatic nitrogens is 10. The van der Waals surface area contributed by atoms with E-state index in [9.17, 15) is 10.2 Å². The largest absolute Gasteiger partial charge is 0.488 e. The molecule has 2 aliphatic carbocycles. The predicted octanol–water partition coefficient (Wildman–Crippen LogP) is 4.18. The van der Waals surface area contributed by atoms with E-state index in [2.05, 4.69) is 57.6 Å². The summed E-state index contributed by atoms with van der Waals surface area (Å²) in [7, 11) is -1.44. The predicted molar refractivity (Wildman–Crippen MR) is 244 cm³/mol. The van der Waals surface area contributed by atoms with Gasteiger partial charge in [-0.2, -0.15) is 10.2 Å². The Balaban J connectivity index is 0.000000137. The first-order valence-corrected chi connectivity index (χ1v) is 21.1. The van der Waals surface area contributed by atoms with E-state index < -0.39 is 18.3 Å². The molecule has 0 saturated heterocycles. The minimum absolute atomic E-state index is 0.289. The van der Waals surface area contributed by atoms with Gasteiger partial charge in [0.25, 0.3) is 0 Å². The molecule has 0 atom stereocenters. The molecule has 2 saturated carbocycles. The Morgan fingerprint density at radius 2 is 1.18 bits per heavy atom. The fraction of sp³-hybridized carbons (Fsp3) is 0.333. The third kappa shape index (κ3) is 10.3. The number of nitrogens with zero attached hydrogens (tertiary/aromatic N) is 10. The van der Waals surface area contributed by atoms with Gasteiger partial charge in [0.15, 0.2) is 11.3 Å². The molecule has 20 heteroatoms. The number of ether oxygens (including phenoxy) is 2. The molecule has 0 aliphatic heterocycles. The SMILES string of the molecule is CC(C)(O)Cn1nc(-c2ccc3nc(OC4CC4)ccc3c2)c2c(N)ncnc21.CC(C)(O)Cn1nc(I)c2c(N)ncnc21.OB(O)c1ccc2nc(OC3CC3)ccc2c1. The molecule has 6 aromatic heterocycles. The highest BCUT2D eigenvalue weighted by Gasteiger charge is 2.26. The molecule has 2 aliphatic rings. The molecule has 2 fully saturated rings. The van der Waals surface area contributed by atoms with Crippen molar-refractivity contribution in [3.63, 3.8) is 0 Å². The van der Waals surface area contributed by atoms with E-state index in [0.717, 1.165) is 62.1 Å². The van der Waals surface area contributed by atoms with Gasteiger partial charge in [-0.25, -0.2) is 39.3 Å². The molecule has 0 spiro atoms. The number of hydrogen-bond acceptors (Lipinski definition) is 16. The third-order valence-electron chi connectivity index (χ3n) is 9.69. The Morgan fingerprint density at radius 1 is 0.677 bits per heavy atom. The summed E-state index contributed by atoms with van der Waals surface area (Å²) in [6, 6.07) is 18.7. The summed E-state index contributed by atoms with van der Waals surface area (Å²) in [4.78, 5) is 25.5. The van der Waals surface area contributed by atoms with Crippen LogP contribution in [0.25, 0.3) is 55.1 Å². The quantitative estimate of drug-likeness (QED) is 0.0830. The Bertz CT molecular complexity index is 2910. The summed E-state index contributed by atoms with van der Waals surface area (Å²) in [6.45, 7) is 7.55. The molecule has 320 valence electrons. The first-order chi connectivity index (χ1) is 29.5. The Kier molecular flexibility index (Phi) is 11.9. The van der Waals surface area contributed by atoms with Gasteiger partial charge < -0.3 is 41.2 Å². The minimum Gasteiger partial charge on any atom is -0.474 e. The lowest BCUT2D eigenvalue weighted by molar-refractivity contribution is 0.0583. The maximum absolute atomic E-state index is 10.3. The number of nitrogen functional groups attached to an aromatic ring is 2. The van der Waals surface area contributed by atoms with Gasteiger partial charge in [-0.05, 0) is 112 Å². The van der Waals surface area contributed by atoms with Crippen LogP contribution in [0.4, 0.5) is 11.6 Å². The minimum atomic E-state index is -1.44. The van der Waals surface area contributed by atoms with Crippen LogP contribution in [0.1, 0.15) is 53.4 Å². The topological polar surface area (TPSA) is 264 Å². The molecule has 8 N–H and O–H groups in total. The summed E-state index contributed by atoms with van der Waals surface area (Å²) in [5.74, 6) is 2.07. The zero-order valence-electron chi connectivity index (χ0n) is 34.5. The summed E-state index contributed by atoms with van der Waals surface area (Å²) in [5, 5.41) is 50.5. The molecular weight excluding hydrogens is 906 g/mol. The molecule has 8 aromatic rings. The van der Waals surface area contributed by atoms with Gasteiger partial charge in [0.05, 0.1) is 46.1 Å². The molecule has 18 nitrogen and oxygen atoms in total. The van der Waals surface area contributed by atoms with Crippen molar-refractivity contribution in [1.29, 1.82) is 0 Å². The number of anilines is 2. The van der Waals surface area contributed by atoms with Crippen LogP contribution in [0.3, 0.4) is 0 Å². The van der Waals surface area contributed by atoms with Crippen molar-refractivity contribution in [2.75, 3.05) is 11.5 Å². The van der Waals surface area contributed by atoms with Gasteiger partial charge in [0.1, 0.15) is 45.9 Å². The van der Waals surface area contributed by atoms with Crippen molar-refractivity contribution in [3.8, 4) is 23.0 Å². The fourth-order valence-corrected chi connectivity index (χ4v) is 7.34. The highest BCUT2D eigenvalue weighted by atomic mass is 127. The number of hydrogen-bond donors (Lipinski definition) is 6. The Morgan fingerprint density at radius 3 is 1.71 bits per heavy atom. The number of benzene rings is 2. The zero-order chi connectivity index (χ0) is 43.9. The molecular formula is C42H46BIN12O6. The number of pyridine rings is 2. The summed E-state index contributed by atoms with van der Waals surface area (Å²) in [6.07, 6.45) is 7.87. The second-order valence-corrected chi connectivity index (χ2v) is 17.7. The van der Waals surface area contributed by atoms with Crippen molar-refractivity contribution in [3.05, 3.63) is 77.0 Å². The van der Waals surface area contributed by atoms with Gasteiger partial charge in [-0.15, -0.1) is 0 Å². The van der Waals surface area contributed by atoms with E-state index in [1.165, 1.54) is 12.7 Å². The van der Waals surface area contributed by atoms with Crippen molar-refractivity contribution in [2.45, 2.75) is 89.9 Å². The Labute approximate surface area is 369 Å². The molecule has 0 amide bonds. The van der Waals surface area contributed by atoms with Gasteiger partial charge in [-0.3, -0.25) is 0 Å². The summed E-state index contributed by atoms with van der Waals surface area (Å²) >= 11 is 2.08. The molecule has 0 unspecified atom stereocenters. The van der Waals surface area contributed by atoms with E-state index in [0.29, 0.717) is 70.0 Å². The summed E-state index contributed by atoms with van der Waals surface area (Å²) in [5.41, 5.74) is 15.1. The molecule has 62 heavy (non-hydrogen) atoms. The van der Waals surface area contributed by atoms with Gasteiger partial charge in [0, 0.05) is 28.5 Å². The standard InChI is InChI=1S/C21H22N6O2.C12H12BNO3.C9H12IN5O/c1-21(2,28)10-27-20-17(19(22)23-11-24-20)18(26-27)13-3-7-15-12(9-13)4-8-16(25-15)29-14-5-6-14;15-13(16)9-2-5-11-8(7-9)1-6-12(14-11)17-10-3-4-10;1-9(2,16)3-15-8-5(6(10)14-15)7(11)12-4-13-8/h3-4,7-9,11,14,28H,5-6,10H2,1-2H3,(H2,22,23,24);1-2,5-7,10,15-16H,3-4H2;4,16H,3H2,1-2H3,(H2,11,12,13). The van der Waals surface area contributed by atoms with Crippen molar-refractivity contribution >= 4 is 90.7 Å². The van der Waals surface area contributed by atoms with E-state index in [1.807, 2.05) is 42.5 Å². The monoisotopic (exact) mass is 952 g/mol. The van der Waals surface area contributed by atoms with Crippen LogP contribution in [-0.4, -0.2) is 100 Å². The fourth-order valence-electron chi connectivity index (χ4n) is 6.56. The van der Waals surface area contributed by atoms with Crippen molar-refractivity contribution < 1.29 is 29.7 Å². The van der Waals surface area contributed by atoms with Gasteiger partial charge in [-0.1, -0.05) is 18.2 Å². The number of aliphatic hydroxyl groups is 2. The first kappa shape index (κ1) is 42.9. The molecule has 0 bridgehead atoms. The Hall–Kier alpha value is -5.81. The lowest BCUT2D eigenvalue weighted by Gasteiger charge is -2.16. The third-order valence-corrected chi connectivity index (χ3v) is 10.4. The number of fused-ring (bicyclic) bond motifs is 4. The first-order valence-electron chi connectivity index (χ1n) is 20.0. The number of halogens is 1. The van der Waals surface area contributed by atoms with Crippen LogP contribution in [-0.2, 0) is 13.1 Å². The van der Waals surface area contributed by atoms with Crippen LogP contribution in [0.15, 0.2) is 73.3 Å². The zero-order valence-corrected chi connectivity index (χ0v) is 36.7. The van der Waals surface area contributed by atoms with Gasteiger partial charge in [0.2, 0.25) is 11.8 Å². The van der Waals surface area contributed by atoms with E-state index >= 15 is 0 Å². The van der Waals surface area contributed by atoms with Crippen LogP contribution in [0, 0.1) is 3.70 Å². The highest BCUT2D eigenvalue weighted by molar-refractivity contribution is 14.1. The van der Waals surface area contributed by atoms with Crippen LogP contribution in [0.2, 0.25) is 0 Å². The highest BCUT2D eigenvalue weighted by Crippen LogP contribution is 2.34. The van der Waals surface area contributed by atoms with Crippen molar-refractivity contribution in [2.24, 2.45) is 0 Å². The van der Waals surface area contributed by atoms with Crippen LogP contribution in [0.5, 0.6) is 11.8 Å². The molecule has 2 aromatic carbocycles. The second-order valence-electron chi connectivity index (χ2n) is 16.7. The lowest BCUT2D eigenvalue weighted by atomic mass is 9.80. The van der Waals surface area contributed by atoms with Gasteiger partial charge >= 0.3 is 7.12 Å². The van der Waals surface area contributed by atoms with E-state index in [4.69, 9.17) is 36.1 Å². The number of nitrogens with two attached hydrogens (primary N) is 2. The average molecular weight is 953 g/mol. The van der Waals surface area contributed by atoms with Crippen LogP contribution < -0.4 is 26.4 Å². The van der Waals surface area contributed by atoms with Crippen molar-refractivity contribution in [1.82, 2.24) is 49.5 Å². The summed E-state index contributed by atoms with van der Waals surface area (Å²) < 4.78 is 15.5. The maximum atomic E-state index is 10.3. The number of rotatable bonds is 10. The van der Waals surface area contributed by atoms with E-state index in [-0.39, 0.29) is 6.54 Å². The second kappa shape index (κ2) is 17.2. The lowest BCUT2D eigenvalue weighted by Crippen LogP contribution is -2.29. The smallest absolute Gasteiger partial charge is 0.474 e. The molecule has 0 radical (unpaired) electrons. The van der Waals surface area contributed by atoms with Crippen LogP contribution >= 0.6 is 22.6 Å². The van der Waals surface area contributed by atoms with E-state index in [1.54, 1.807) is 55.3 Å².